The third kappa shape index (κ3) is 6.95. The number of hydrogen-bond donors (Lipinski definition) is 2. The van der Waals surface area contributed by atoms with E-state index in [-0.39, 0.29) is 24.3 Å². The Hall–Kier alpha value is -3.73. The van der Waals surface area contributed by atoms with E-state index in [9.17, 15) is 14.7 Å². The fourth-order valence-corrected chi connectivity index (χ4v) is 5.59. The van der Waals surface area contributed by atoms with Crippen LogP contribution < -0.4 is 4.74 Å². The normalized spacial score (nSPS) is 19.5. The maximum atomic E-state index is 13.8. The molecule has 0 spiro atoms. The Morgan fingerprint density at radius 2 is 2.02 bits per heavy atom. The number of pyridine rings is 1. The van der Waals surface area contributed by atoms with Crippen LogP contribution in [0.2, 0.25) is 0 Å². The molecule has 4 heterocycles. The van der Waals surface area contributed by atoms with Gasteiger partial charge in [-0.05, 0) is 66.8 Å². The SMILES string of the molecule is COc1cc(C(C(=O)N2C[C@H](O)C[C@H]2c2nc(C(=O)N(CCCCc3ccncc3)CC3CC3)c[nH]2)C(C)C)on1. The minimum Gasteiger partial charge on any atom is -0.479 e. The van der Waals surface area contributed by atoms with Crippen LogP contribution in [0.25, 0.3) is 0 Å². The number of carbonyl (C=O) groups is 2. The lowest BCUT2D eigenvalue weighted by Crippen LogP contribution is -2.37. The van der Waals surface area contributed by atoms with Gasteiger partial charge >= 0.3 is 0 Å². The average Bonchev–Trinajstić information content (AvgIpc) is 3.31. The summed E-state index contributed by atoms with van der Waals surface area (Å²) in [6, 6.07) is 5.19. The van der Waals surface area contributed by atoms with Gasteiger partial charge < -0.3 is 29.2 Å². The number of hydrogen-bond acceptors (Lipinski definition) is 8. The first-order valence-corrected chi connectivity index (χ1v) is 14.6. The van der Waals surface area contributed by atoms with Gasteiger partial charge in [-0.1, -0.05) is 13.8 Å². The zero-order chi connectivity index (χ0) is 28.9. The number of amides is 2. The van der Waals surface area contributed by atoms with Crippen molar-refractivity contribution in [2.75, 3.05) is 26.7 Å². The second kappa shape index (κ2) is 12.8. The summed E-state index contributed by atoms with van der Waals surface area (Å²) < 4.78 is 10.6. The highest BCUT2D eigenvalue weighted by Gasteiger charge is 2.42. The molecule has 3 atom stereocenters. The van der Waals surface area contributed by atoms with E-state index in [2.05, 4.69) is 20.1 Å². The quantitative estimate of drug-likeness (QED) is 0.300. The van der Waals surface area contributed by atoms with E-state index in [1.165, 1.54) is 12.7 Å². The van der Waals surface area contributed by atoms with Gasteiger partial charge in [-0.3, -0.25) is 14.6 Å². The lowest BCUT2D eigenvalue weighted by molar-refractivity contribution is -0.135. The third-order valence-electron chi connectivity index (χ3n) is 8.01. The van der Waals surface area contributed by atoms with Crippen LogP contribution in [0.15, 0.2) is 41.3 Å². The molecule has 0 bridgehead atoms. The zero-order valence-electron chi connectivity index (χ0n) is 24.0. The molecule has 2 fully saturated rings. The van der Waals surface area contributed by atoms with Crippen LogP contribution in [0.4, 0.5) is 0 Å². The van der Waals surface area contributed by atoms with Crippen molar-refractivity contribution in [3.63, 3.8) is 0 Å². The molecular formula is C30H40N6O5. The first-order valence-electron chi connectivity index (χ1n) is 14.6. The van der Waals surface area contributed by atoms with Crippen molar-refractivity contribution in [1.82, 2.24) is 29.9 Å². The molecule has 2 N–H and O–H groups in total. The molecule has 3 aromatic rings. The van der Waals surface area contributed by atoms with Crippen LogP contribution in [-0.4, -0.2) is 79.7 Å². The molecule has 11 heteroatoms. The number of methoxy groups -OCH3 is 1. The topological polar surface area (TPSA) is 138 Å². The minimum atomic E-state index is -0.697. The first kappa shape index (κ1) is 28.8. The van der Waals surface area contributed by atoms with Gasteiger partial charge in [0, 0.05) is 50.7 Å². The van der Waals surface area contributed by atoms with E-state index in [1.54, 1.807) is 29.6 Å². The highest BCUT2D eigenvalue weighted by Crippen LogP contribution is 2.37. The van der Waals surface area contributed by atoms with Gasteiger partial charge in [0.15, 0.2) is 5.76 Å². The zero-order valence-corrected chi connectivity index (χ0v) is 24.0. The van der Waals surface area contributed by atoms with Gasteiger partial charge in [0.2, 0.25) is 5.91 Å². The fraction of sp³-hybridized carbons (Fsp3) is 0.567. The predicted octanol–water partition coefficient (Wildman–Crippen LogP) is 3.75. The smallest absolute Gasteiger partial charge is 0.274 e. The molecule has 2 aliphatic rings. The number of aryl methyl sites for hydroxylation is 1. The van der Waals surface area contributed by atoms with Crippen molar-refractivity contribution in [2.24, 2.45) is 11.8 Å². The predicted molar refractivity (Wildman–Crippen MR) is 150 cm³/mol. The first-order chi connectivity index (χ1) is 19.8. The summed E-state index contributed by atoms with van der Waals surface area (Å²) in [6.45, 7) is 5.46. The summed E-state index contributed by atoms with van der Waals surface area (Å²) in [5.74, 6) is 0.801. The Labute approximate surface area is 240 Å². The molecule has 1 saturated carbocycles. The molecule has 220 valence electrons. The summed E-state index contributed by atoms with van der Waals surface area (Å²) in [5.41, 5.74) is 1.58. The highest BCUT2D eigenvalue weighted by atomic mass is 16.5. The summed E-state index contributed by atoms with van der Waals surface area (Å²) in [6.07, 6.45) is 10.0. The molecule has 41 heavy (non-hydrogen) atoms. The number of imidazole rings is 1. The number of rotatable bonds is 13. The average molecular weight is 565 g/mol. The van der Waals surface area contributed by atoms with Crippen molar-refractivity contribution >= 4 is 11.8 Å². The number of aliphatic hydroxyl groups is 1. The molecule has 1 aliphatic carbocycles. The number of unbranched alkanes of at least 4 members (excludes halogenated alkanes) is 1. The number of nitrogens with zero attached hydrogens (tertiary/aromatic N) is 5. The third-order valence-corrected chi connectivity index (χ3v) is 8.01. The second-order valence-electron chi connectivity index (χ2n) is 11.6. The molecular weight excluding hydrogens is 524 g/mol. The number of aliphatic hydroxyl groups excluding tert-OH is 1. The molecule has 3 aromatic heterocycles. The maximum absolute atomic E-state index is 13.8. The van der Waals surface area contributed by atoms with Gasteiger partial charge in [0.05, 0.1) is 19.3 Å². The molecule has 0 aromatic carbocycles. The Morgan fingerprint density at radius 3 is 2.71 bits per heavy atom. The van der Waals surface area contributed by atoms with Gasteiger partial charge in [-0.25, -0.2) is 4.98 Å². The Morgan fingerprint density at radius 1 is 1.24 bits per heavy atom. The standard InChI is InChI=1S/C30H40N6O5/c1-19(2)27(25-15-26(40-3)34-41-25)30(39)36-18-22(37)14-24(36)28-32-16-23(33-28)29(38)35(17-21-7-8-21)13-5-4-6-20-9-11-31-12-10-20/h9-12,15-16,19,21-22,24,27,37H,4-8,13-14,17-18H2,1-3H3,(H,32,33)/t22-,24+,27?/m1/s1. The minimum absolute atomic E-state index is 0.0816. The van der Waals surface area contributed by atoms with Crippen LogP contribution >= 0.6 is 0 Å². The van der Waals surface area contributed by atoms with Crippen molar-refractivity contribution < 1.29 is 24.0 Å². The van der Waals surface area contributed by atoms with Crippen molar-refractivity contribution in [1.29, 1.82) is 0 Å². The number of aromatic nitrogens is 4. The van der Waals surface area contributed by atoms with Gasteiger partial charge in [-0.2, -0.15) is 0 Å². The Kier molecular flexibility index (Phi) is 9.02. The van der Waals surface area contributed by atoms with Crippen LogP contribution in [0, 0.1) is 11.8 Å². The van der Waals surface area contributed by atoms with Crippen LogP contribution in [0.5, 0.6) is 5.88 Å². The second-order valence-corrected chi connectivity index (χ2v) is 11.6. The lowest BCUT2D eigenvalue weighted by Gasteiger charge is -2.28. The van der Waals surface area contributed by atoms with Crippen LogP contribution in [0.3, 0.4) is 0 Å². The summed E-state index contributed by atoms with van der Waals surface area (Å²) in [7, 11) is 1.49. The number of H-pyrrole nitrogens is 1. The number of β-amino-alcohol motifs (C(OH)–C–C–N with tert-alkyl or cyclic N) is 1. The van der Waals surface area contributed by atoms with Crippen LogP contribution in [-0.2, 0) is 11.2 Å². The number of carbonyl (C=O) groups excluding carboxylic acids is 2. The van der Waals surface area contributed by atoms with Gasteiger partial charge in [0.1, 0.15) is 17.4 Å². The van der Waals surface area contributed by atoms with Crippen molar-refractivity contribution in [3.05, 3.63) is 59.6 Å². The van der Waals surface area contributed by atoms with E-state index in [0.29, 0.717) is 42.0 Å². The van der Waals surface area contributed by atoms with Gasteiger partial charge in [0.25, 0.3) is 11.8 Å². The molecule has 2 amide bonds. The summed E-state index contributed by atoms with van der Waals surface area (Å²) in [4.78, 5) is 42.8. The summed E-state index contributed by atoms with van der Waals surface area (Å²) >= 11 is 0. The number of likely N-dealkylation sites (tertiary alicyclic amines) is 1. The van der Waals surface area contributed by atoms with Gasteiger partial charge in [-0.15, -0.1) is 0 Å². The maximum Gasteiger partial charge on any atom is 0.274 e. The van der Waals surface area contributed by atoms with E-state index in [4.69, 9.17) is 9.26 Å². The molecule has 1 unspecified atom stereocenters. The van der Waals surface area contributed by atoms with E-state index >= 15 is 0 Å². The van der Waals surface area contributed by atoms with E-state index in [1.807, 2.05) is 30.9 Å². The number of nitrogens with one attached hydrogen (secondary N) is 1. The van der Waals surface area contributed by atoms with Crippen LogP contribution in [0.1, 0.15) is 85.5 Å². The fourth-order valence-electron chi connectivity index (χ4n) is 5.59. The molecule has 0 radical (unpaired) electrons. The van der Waals surface area contributed by atoms with E-state index < -0.39 is 18.1 Å². The molecule has 11 nitrogen and oxygen atoms in total. The summed E-state index contributed by atoms with van der Waals surface area (Å²) in [5, 5.41) is 14.4. The number of aromatic amines is 1. The number of ether oxygens (including phenoxy) is 1. The van der Waals surface area contributed by atoms with Crippen molar-refractivity contribution in [2.45, 2.75) is 70.4 Å². The Balaban J connectivity index is 1.27. The monoisotopic (exact) mass is 564 g/mol. The highest BCUT2D eigenvalue weighted by molar-refractivity contribution is 5.92. The lowest BCUT2D eigenvalue weighted by atomic mass is 9.91. The molecule has 1 aliphatic heterocycles. The largest absolute Gasteiger partial charge is 0.479 e. The molecule has 5 rings (SSSR count). The molecule has 1 saturated heterocycles. The Bertz CT molecular complexity index is 1300. The van der Waals surface area contributed by atoms with Crippen molar-refractivity contribution in [3.8, 4) is 5.88 Å². The van der Waals surface area contributed by atoms with E-state index in [0.717, 1.165) is 38.6 Å².